The van der Waals surface area contributed by atoms with Gasteiger partial charge in [0.1, 0.15) is 5.69 Å². The van der Waals surface area contributed by atoms with Crippen molar-refractivity contribution >= 4 is 54.6 Å². The number of alkyl halides is 3. The Balaban J connectivity index is 2.80. The molecule has 0 heterocycles. The standard InChI is InChI=1S/C15H10Br2F3N3O4/c1-6-3-10(13(17)7(2)12(6)16)21-14-9(15(18,19)20)4-8(22(24)25)5-11(14)23(26)27/h3-5,21H,1-2H3. The average molecular weight is 513 g/mol. The summed E-state index contributed by atoms with van der Waals surface area (Å²) < 4.78 is 41.5. The van der Waals surface area contributed by atoms with Gasteiger partial charge in [0.05, 0.1) is 27.2 Å². The highest BCUT2D eigenvalue weighted by Crippen LogP contribution is 2.45. The number of rotatable bonds is 4. The lowest BCUT2D eigenvalue weighted by molar-refractivity contribution is -0.394. The van der Waals surface area contributed by atoms with Crippen molar-refractivity contribution in [3.63, 3.8) is 0 Å². The van der Waals surface area contributed by atoms with E-state index in [9.17, 15) is 33.4 Å². The lowest BCUT2D eigenvalue weighted by Crippen LogP contribution is -2.12. The smallest absolute Gasteiger partial charge is 0.348 e. The second-order valence-electron chi connectivity index (χ2n) is 5.52. The molecule has 2 aromatic rings. The first-order valence-corrected chi connectivity index (χ1v) is 8.69. The quantitative estimate of drug-likeness (QED) is 0.377. The summed E-state index contributed by atoms with van der Waals surface area (Å²) in [5.74, 6) is 0. The number of hydrogen-bond donors (Lipinski definition) is 1. The Morgan fingerprint density at radius 1 is 1.00 bits per heavy atom. The predicted molar refractivity (Wildman–Crippen MR) is 99.4 cm³/mol. The largest absolute Gasteiger partial charge is 0.418 e. The van der Waals surface area contributed by atoms with Crippen molar-refractivity contribution in [2.75, 3.05) is 5.32 Å². The number of aryl methyl sites for hydroxylation is 1. The maximum atomic E-state index is 13.5. The molecular formula is C15H10Br2F3N3O4. The number of hydrogen-bond acceptors (Lipinski definition) is 5. The average Bonchev–Trinajstić information content (AvgIpc) is 2.56. The zero-order valence-corrected chi connectivity index (χ0v) is 16.8. The van der Waals surface area contributed by atoms with Gasteiger partial charge in [-0.2, -0.15) is 13.2 Å². The van der Waals surface area contributed by atoms with Gasteiger partial charge in [-0.15, -0.1) is 0 Å². The van der Waals surface area contributed by atoms with Gasteiger partial charge in [-0.05, 0) is 47.0 Å². The van der Waals surface area contributed by atoms with Gasteiger partial charge < -0.3 is 5.32 Å². The molecule has 12 heteroatoms. The van der Waals surface area contributed by atoms with Crippen LogP contribution in [0.15, 0.2) is 27.1 Å². The third-order valence-corrected chi connectivity index (χ3v) is 5.92. The van der Waals surface area contributed by atoms with E-state index in [0.29, 0.717) is 26.1 Å². The van der Waals surface area contributed by atoms with E-state index in [1.54, 1.807) is 13.8 Å². The highest BCUT2D eigenvalue weighted by Gasteiger charge is 2.40. The summed E-state index contributed by atoms with van der Waals surface area (Å²) in [6, 6.07) is 2.25. The molecule has 0 amide bonds. The minimum atomic E-state index is -5.05. The second kappa shape index (κ2) is 7.43. The summed E-state index contributed by atoms with van der Waals surface area (Å²) in [7, 11) is 0. The molecule has 144 valence electrons. The number of nitro groups is 2. The van der Waals surface area contributed by atoms with Crippen molar-refractivity contribution in [1.29, 1.82) is 0 Å². The monoisotopic (exact) mass is 511 g/mol. The molecule has 0 saturated heterocycles. The summed E-state index contributed by atoms with van der Waals surface area (Å²) in [4.78, 5) is 20.0. The molecule has 0 saturated carbocycles. The van der Waals surface area contributed by atoms with Gasteiger partial charge in [-0.25, -0.2) is 0 Å². The molecule has 0 aromatic heterocycles. The molecule has 0 bridgehead atoms. The number of non-ortho nitro benzene ring substituents is 1. The molecule has 7 nitrogen and oxygen atoms in total. The van der Waals surface area contributed by atoms with Gasteiger partial charge in [-0.3, -0.25) is 20.2 Å². The van der Waals surface area contributed by atoms with E-state index in [1.807, 2.05) is 0 Å². The van der Waals surface area contributed by atoms with Crippen molar-refractivity contribution in [2.45, 2.75) is 20.0 Å². The summed E-state index contributed by atoms with van der Waals surface area (Å²) in [6.45, 7) is 3.39. The lowest BCUT2D eigenvalue weighted by Gasteiger charge is -2.17. The van der Waals surface area contributed by atoms with E-state index in [1.165, 1.54) is 6.07 Å². The topological polar surface area (TPSA) is 98.3 Å². The van der Waals surface area contributed by atoms with Crippen LogP contribution in [0.4, 0.5) is 35.9 Å². The zero-order valence-electron chi connectivity index (χ0n) is 13.6. The predicted octanol–water partition coefficient (Wildman–Crippen LogP) is 6.41. The van der Waals surface area contributed by atoms with Crippen molar-refractivity contribution < 1.29 is 23.0 Å². The van der Waals surface area contributed by atoms with Gasteiger partial charge in [0.25, 0.3) is 11.4 Å². The van der Waals surface area contributed by atoms with E-state index in [0.717, 1.165) is 0 Å². The first-order chi connectivity index (χ1) is 12.3. The van der Waals surface area contributed by atoms with Crippen LogP contribution >= 0.6 is 31.9 Å². The fraction of sp³-hybridized carbons (Fsp3) is 0.200. The van der Waals surface area contributed by atoms with Crippen LogP contribution in [0, 0.1) is 34.1 Å². The molecule has 0 unspecified atom stereocenters. The van der Waals surface area contributed by atoms with Crippen LogP contribution in [-0.2, 0) is 6.18 Å². The number of anilines is 2. The van der Waals surface area contributed by atoms with Crippen molar-refractivity contribution in [2.24, 2.45) is 0 Å². The Labute approximate surface area is 167 Å². The Hall–Kier alpha value is -2.21. The number of nitro benzene ring substituents is 2. The van der Waals surface area contributed by atoms with Crippen LogP contribution in [0.1, 0.15) is 16.7 Å². The summed E-state index contributed by atoms with van der Waals surface area (Å²) >= 11 is 6.58. The third-order valence-electron chi connectivity index (χ3n) is 3.68. The van der Waals surface area contributed by atoms with Crippen LogP contribution in [-0.4, -0.2) is 9.85 Å². The molecule has 1 N–H and O–H groups in total. The maximum Gasteiger partial charge on any atom is 0.418 e. The summed E-state index contributed by atoms with van der Waals surface area (Å²) in [5, 5.41) is 24.6. The molecule has 2 aromatic carbocycles. The van der Waals surface area contributed by atoms with Gasteiger partial charge in [0, 0.05) is 15.0 Å². The third kappa shape index (κ3) is 4.21. The second-order valence-corrected chi connectivity index (χ2v) is 7.10. The number of nitrogens with one attached hydrogen (secondary N) is 1. The van der Waals surface area contributed by atoms with Crippen LogP contribution in [0.3, 0.4) is 0 Å². The minimum absolute atomic E-state index is 0.149. The van der Waals surface area contributed by atoms with Gasteiger partial charge in [-0.1, -0.05) is 15.9 Å². The lowest BCUT2D eigenvalue weighted by atomic mass is 10.1. The van der Waals surface area contributed by atoms with Crippen LogP contribution in [0.5, 0.6) is 0 Å². The fourth-order valence-electron chi connectivity index (χ4n) is 2.38. The highest BCUT2D eigenvalue weighted by atomic mass is 79.9. The Morgan fingerprint density at radius 2 is 1.59 bits per heavy atom. The number of nitrogens with zero attached hydrogens (tertiary/aromatic N) is 2. The van der Waals surface area contributed by atoms with E-state index in [2.05, 4.69) is 37.2 Å². The molecule has 0 aliphatic rings. The zero-order chi connectivity index (χ0) is 20.7. The molecule has 0 aliphatic heterocycles. The van der Waals surface area contributed by atoms with Crippen LogP contribution in [0.25, 0.3) is 0 Å². The SMILES string of the molecule is Cc1cc(Nc2c([N+](=O)[O-])cc([N+](=O)[O-])cc2C(F)(F)F)c(Br)c(C)c1Br. The summed E-state index contributed by atoms with van der Waals surface area (Å²) in [6.07, 6.45) is -5.05. The molecule has 2 rings (SSSR count). The molecule has 0 radical (unpaired) electrons. The van der Waals surface area contributed by atoms with E-state index >= 15 is 0 Å². The first-order valence-electron chi connectivity index (χ1n) is 7.10. The summed E-state index contributed by atoms with van der Waals surface area (Å²) in [5.41, 5.74) is -2.97. The Morgan fingerprint density at radius 3 is 2.07 bits per heavy atom. The van der Waals surface area contributed by atoms with Gasteiger partial charge in [0.15, 0.2) is 0 Å². The first kappa shape index (κ1) is 21.1. The van der Waals surface area contributed by atoms with Gasteiger partial charge >= 0.3 is 6.18 Å². The van der Waals surface area contributed by atoms with Crippen LogP contribution < -0.4 is 5.32 Å². The van der Waals surface area contributed by atoms with Crippen molar-refractivity contribution in [1.82, 2.24) is 0 Å². The van der Waals surface area contributed by atoms with Crippen molar-refractivity contribution in [3.8, 4) is 0 Å². The van der Waals surface area contributed by atoms with E-state index in [4.69, 9.17) is 0 Å². The highest BCUT2D eigenvalue weighted by molar-refractivity contribution is 9.11. The number of benzene rings is 2. The molecule has 0 atom stereocenters. The maximum absolute atomic E-state index is 13.5. The van der Waals surface area contributed by atoms with Crippen molar-refractivity contribution in [3.05, 3.63) is 64.1 Å². The Bertz CT molecular complexity index is 965. The Kier molecular flexibility index (Phi) is 5.80. The van der Waals surface area contributed by atoms with E-state index in [-0.39, 0.29) is 11.8 Å². The van der Waals surface area contributed by atoms with E-state index < -0.39 is 38.6 Å². The van der Waals surface area contributed by atoms with Gasteiger partial charge in [0.2, 0.25) is 0 Å². The molecule has 0 spiro atoms. The van der Waals surface area contributed by atoms with Crippen LogP contribution in [0.2, 0.25) is 0 Å². The normalized spacial score (nSPS) is 11.4. The molecular weight excluding hydrogens is 503 g/mol. The molecule has 0 fully saturated rings. The number of halogens is 5. The minimum Gasteiger partial charge on any atom is -0.348 e. The molecule has 0 aliphatic carbocycles. The fourth-order valence-corrected chi connectivity index (χ4v) is 3.37. The molecule has 27 heavy (non-hydrogen) atoms.